The zero-order chi connectivity index (χ0) is 16.4. The number of hydrogen-bond acceptors (Lipinski definition) is 4. The van der Waals surface area contributed by atoms with Crippen LogP contribution in [0.2, 0.25) is 5.02 Å². The second-order valence-corrected chi connectivity index (χ2v) is 6.11. The average molecular weight is 336 g/mol. The maximum Gasteiger partial charge on any atom is 0.236 e. The fourth-order valence-corrected chi connectivity index (χ4v) is 3.32. The van der Waals surface area contributed by atoms with Crippen LogP contribution in [0.1, 0.15) is 5.82 Å². The third kappa shape index (κ3) is 1.67. The molecule has 0 fully saturated rings. The first kappa shape index (κ1) is 13.5. The number of imidazole rings is 1. The highest BCUT2D eigenvalue weighted by atomic mass is 35.5. The SMILES string of the molecule is Cc1nc2oc3ccc(Cl)cc3c(=O)c2c2nc3ccccc3n12. The summed E-state index contributed by atoms with van der Waals surface area (Å²) in [6, 6.07) is 12.7. The first-order valence-corrected chi connectivity index (χ1v) is 7.81. The molecule has 0 aliphatic carbocycles. The van der Waals surface area contributed by atoms with Crippen LogP contribution >= 0.6 is 11.6 Å². The van der Waals surface area contributed by atoms with Crippen LogP contribution in [0.15, 0.2) is 51.7 Å². The van der Waals surface area contributed by atoms with Gasteiger partial charge in [0.05, 0.1) is 16.4 Å². The van der Waals surface area contributed by atoms with Crippen molar-refractivity contribution in [2.24, 2.45) is 0 Å². The lowest BCUT2D eigenvalue weighted by Gasteiger charge is -2.05. The number of rotatable bonds is 0. The van der Waals surface area contributed by atoms with Crippen LogP contribution in [0.4, 0.5) is 0 Å². The molecule has 0 spiro atoms. The van der Waals surface area contributed by atoms with Crippen molar-refractivity contribution in [3.63, 3.8) is 0 Å². The van der Waals surface area contributed by atoms with Crippen LogP contribution in [0.3, 0.4) is 0 Å². The highest BCUT2D eigenvalue weighted by Crippen LogP contribution is 2.26. The van der Waals surface area contributed by atoms with Crippen LogP contribution in [-0.4, -0.2) is 14.4 Å². The first-order valence-electron chi connectivity index (χ1n) is 7.43. The molecule has 0 radical (unpaired) electrons. The van der Waals surface area contributed by atoms with Crippen molar-refractivity contribution in [2.45, 2.75) is 6.92 Å². The zero-order valence-electron chi connectivity index (χ0n) is 12.6. The Morgan fingerprint density at radius 2 is 1.96 bits per heavy atom. The monoisotopic (exact) mass is 335 g/mol. The number of aryl methyl sites for hydroxylation is 1. The summed E-state index contributed by atoms with van der Waals surface area (Å²) in [7, 11) is 0. The molecule has 3 heterocycles. The van der Waals surface area contributed by atoms with E-state index in [0.717, 1.165) is 11.0 Å². The van der Waals surface area contributed by atoms with Crippen molar-refractivity contribution in [3.8, 4) is 0 Å². The topological polar surface area (TPSA) is 60.4 Å². The molecule has 116 valence electrons. The Labute approximate surface area is 140 Å². The molecule has 5 rings (SSSR count). The summed E-state index contributed by atoms with van der Waals surface area (Å²) in [5.74, 6) is 0.711. The zero-order valence-corrected chi connectivity index (χ0v) is 13.3. The van der Waals surface area contributed by atoms with Crippen molar-refractivity contribution >= 4 is 50.4 Å². The molecule has 24 heavy (non-hydrogen) atoms. The second-order valence-electron chi connectivity index (χ2n) is 5.67. The van der Waals surface area contributed by atoms with Gasteiger partial charge in [-0.1, -0.05) is 23.7 Å². The number of halogens is 1. The van der Waals surface area contributed by atoms with E-state index in [1.807, 2.05) is 35.6 Å². The van der Waals surface area contributed by atoms with Gasteiger partial charge in [0.25, 0.3) is 0 Å². The Morgan fingerprint density at radius 3 is 2.83 bits per heavy atom. The van der Waals surface area contributed by atoms with Crippen molar-refractivity contribution in [1.29, 1.82) is 0 Å². The number of para-hydroxylation sites is 2. The van der Waals surface area contributed by atoms with Crippen molar-refractivity contribution < 1.29 is 4.42 Å². The van der Waals surface area contributed by atoms with E-state index in [2.05, 4.69) is 9.97 Å². The van der Waals surface area contributed by atoms with E-state index in [1.165, 1.54) is 0 Å². The van der Waals surface area contributed by atoms with Gasteiger partial charge in [-0.3, -0.25) is 9.20 Å². The summed E-state index contributed by atoms with van der Waals surface area (Å²) in [6.45, 7) is 1.87. The number of benzene rings is 2. The molecule has 3 aromatic heterocycles. The summed E-state index contributed by atoms with van der Waals surface area (Å²) in [5, 5.41) is 1.28. The number of aromatic nitrogens is 3. The lowest BCUT2D eigenvalue weighted by Crippen LogP contribution is -2.07. The minimum atomic E-state index is -0.179. The molecule has 0 unspecified atom stereocenters. The third-order valence-electron chi connectivity index (χ3n) is 4.21. The Bertz CT molecular complexity index is 1350. The standard InChI is InChI=1S/C18H10ClN3O2/c1-9-20-18-15(16(23)11-8-10(19)6-7-14(11)24-18)17-21-12-4-2-3-5-13(12)22(9)17/h2-8H,1H3. The highest BCUT2D eigenvalue weighted by Gasteiger charge is 2.17. The third-order valence-corrected chi connectivity index (χ3v) is 4.44. The van der Waals surface area contributed by atoms with Crippen LogP contribution in [-0.2, 0) is 0 Å². The second kappa shape index (κ2) is 4.55. The molecule has 0 bridgehead atoms. The van der Waals surface area contributed by atoms with Gasteiger partial charge < -0.3 is 4.42 Å². The molecule has 0 saturated carbocycles. The van der Waals surface area contributed by atoms with E-state index in [0.29, 0.717) is 32.8 Å². The van der Waals surface area contributed by atoms with Crippen LogP contribution < -0.4 is 5.43 Å². The number of nitrogens with zero attached hydrogens (tertiary/aromatic N) is 3. The molecule has 5 aromatic rings. The summed E-state index contributed by atoms with van der Waals surface area (Å²) < 4.78 is 7.72. The van der Waals surface area contributed by atoms with Crippen molar-refractivity contribution in [3.05, 3.63) is 63.5 Å². The fraction of sp³-hybridized carbons (Fsp3) is 0.0556. The summed E-state index contributed by atoms with van der Waals surface area (Å²) in [5.41, 5.74) is 2.83. The van der Waals surface area contributed by atoms with E-state index in [4.69, 9.17) is 16.0 Å². The van der Waals surface area contributed by atoms with Gasteiger partial charge in [0.2, 0.25) is 11.1 Å². The largest absolute Gasteiger partial charge is 0.437 e. The average Bonchev–Trinajstić information content (AvgIpc) is 2.95. The predicted molar refractivity (Wildman–Crippen MR) is 93.8 cm³/mol. The quantitative estimate of drug-likeness (QED) is 0.400. The van der Waals surface area contributed by atoms with E-state index in [1.54, 1.807) is 18.2 Å². The minimum Gasteiger partial charge on any atom is -0.437 e. The van der Waals surface area contributed by atoms with E-state index >= 15 is 0 Å². The molecule has 0 N–H and O–H groups in total. The van der Waals surface area contributed by atoms with Crippen LogP contribution in [0.5, 0.6) is 0 Å². The van der Waals surface area contributed by atoms with Gasteiger partial charge in [-0.05, 0) is 37.3 Å². The molecule has 6 heteroatoms. The summed E-state index contributed by atoms with van der Waals surface area (Å²) in [6.07, 6.45) is 0. The van der Waals surface area contributed by atoms with E-state index in [-0.39, 0.29) is 11.1 Å². The normalized spacial score (nSPS) is 11.9. The lowest BCUT2D eigenvalue weighted by molar-refractivity contribution is 0.641. The molecule has 0 aliphatic heterocycles. The highest BCUT2D eigenvalue weighted by molar-refractivity contribution is 6.31. The maximum absolute atomic E-state index is 13.0. The molecule has 2 aromatic carbocycles. The van der Waals surface area contributed by atoms with E-state index in [9.17, 15) is 4.79 Å². The number of fused-ring (bicyclic) bond motifs is 6. The molecular weight excluding hydrogens is 326 g/mol. The molecule has 5 nitrogen and oxygen atoms in total. The van der Waals surface area contributed by atoms with Crippen molar-refractivity contribution in [2.75, 3.05) is 0 Å². The molecule has 0 aliphatic rings. The predicted octanol–water partition coefficient (Wildman–Crippen LogP) is 4.10. The Morgan fingerprint density at radius 1 is 1.12 bits per heavy atom. The number of hydrogen-bond donors (Lipinski definition) is 0. The Kier molecular flexibility index (Phi) is 2.56. The van der Waals surface area contributed by atoms with Crippen LogP contribution in [0, 0.1) is 6.92 Å². The van der Waals surface area contributed by atoms with Gasteiger partial charge in [0.15, 0.2) is 5.65 Å². The lowest BCUT2D eigenvalue weighted by atomic mass is 10.2. The van der Waals surface area contributed by atoms with Gasteiger partial charge in [0, 0.05) is 5.02 Å². The molecule has 0 saturated heterocycles. The minimum absolute atomic E-state index is 0.179. The van der Waals surface area contributed by atoms with Gasteiger partial charge in [-0.2, -0.15) is 4.98 Å². The summed E-state index contributed by atoms with van der Waals surface area (Å²) >= 11 is 6.03. The van der Waals surface area contributed by atoms with Gasteiger partial charge >= 0.3 is 0 Å². The van der Waals surface area contributed by atoms with Gasteiger partial charge in [-0.15, -0.1) is 0 Å². The molecular formula is C18H10ClN3O2. The smallest absolute Gasteiger partial charge is 0.236 e. The van der Waals surface area contributed by atoms with Crippen LogP contribution in [0.25, 0.3) is 38.7 Å². The van der Waals surface area contributed by atoms with Gasteiger partial charge in [0.1, 0.15) is 16.8 Å². The maximum atomic E-state index is 13.0. The first-order chi connectivity index (χ1) is 11.6. The van der Waals surface area contributed by atoms with Crippen molar-refractivity contribution in [1.82, 2.24) is 14.4 Å². The van der Waals surface area contributed by atoms with Gasteiger partial charge in [-0.25, -0.2) is 4.98 Å². The Hall–Kier alpha value is -2.92. The molecule has 0 atom stereocenters. The van der Waals surface area contributed by atoms with E-state index < -0.39 is 0 Å². The fourth-order valence-electron chi connectivity index (χ4n) is 3.15. The molecule has 0 amide bonds. The summed E-state index contributed by atoms with van der Waals surface area (Å²) in [4.78, 5) is 22.1. The Balaban J connectivity index is 2.12.